The number of hydrogen-bond acceptors (Lipinski definition) is 3. The molecule has 0 saturated carbocycles. The lowest BCUT2D eigenvalue weighted by atomic mass is 10.1. The van der Waals surface area contributed by atoms with E-state index in [1.165, 1.54) is 0 Å². The number of rotatable bonds is 4. The van der Waals surface area contributed by atoms with Crippen molar-refractivity contribution in [2.24, 2.45) is 0 Å². The smallest absolute Gasteiger partial charge is 0.168 e. The molecule has 0 aliphatic heterocycles. The van der Waals surface area contributed by atoms with Crippen LogP contribution in [0, 0.1) is 11.6 Å². The monoisotopic (exact) mass is 231 g/mol. The Balaban J connectivity index is 2.94. The highest BCUT2D eigenvalue weighted by Crippen LogP contribution is 2.28. The van der Waals surface area contributed by atoms with Crippen LogP contribution in [0.25, 0.3) is 0 Å². The van der Waals surface area contributed by atoms with Crippen molar-refractivity contribution in [3.05, 3.63) is 29.3 Å². The normalized spacial score (nSPS) is 14.8. The molecule has 1 unspecified atom stereocenters. The molecule has 0 heterocycles. The Kier molecular flexibility index (Phi) is 4.20. The summed E-state index contributed by atoms with van der Waals surface area (Å²) in [5.74, 6) is -2.29. The summed E-state index contributed by atoms with van der Waals surface area (Å²) in [5.41, 5.74) is 0.137. The summed E-state index contributed by atoms with van der Waals surface area (Å²) in [7, 11) is 0. The van der Waals surface area contributed by atoms with Gasteiger partial charge in [-0.1, -0.05) is 0 Å². The fourth-order valence-electron chi connectivity index (χ4n) is 1.49. The minimum atomic E-state index is -0.986. The maximum Gasteiger partial charge on any atom is 0.168 e. The first-order chi connectivity index (χ1) is 7.45. The van der Waals surface area contributed by atoms with Gasteiger partial charge in [0.2, 0.25) is 0 Å². The van der Waals surface area contributed by atoms with Crippen LogP contribution in [0.3, 0.4) is 0 Å². The quantitative estimate of drug-likeness (QED) is 0.739. The standard InChI is InChI=1S/C11H15F2NO2/c1-6(5-15)14-7(2)9-3-8(12)4-10(13)11(9)16/h3-4,6-7,14-16H,5H2,1-2H3/t6-,7?/m1/s1. The zero-order valence-electron chi connectivity index (χ0n) is 9.17. The summed E-state index contributed by atoms with van der Waals surface area (Å²) in [4.78, 5) is 0. The molecule has 0 aromatic heterocycles. The molecule has 3 N–H and O–H groups in total. The molecule has 1 rings (SSSR count). The lowest BCUT2D eigenvalue weighted by Crippen LogP contribution is -2.31. The summed E-state index contributed by atoms with van der Waals surface area (Å²) >= 11 is 0. The highest BCUT2D eigenvalue weighted by atomic mass is 19.1. The first-order valence-corrected chi connectivity index (χ1v) is 5.00. The van der Waals surface area contributed by atoms with Gasteiger partial charge < -0.3 is 15.5 Å². The van der Waals surface area contributed by atoms with Crippen LogP contribution in [0.4, 0.5) is 8.78 Å². The molecule has 0 amide bonds. The van der Waals surface area contributed by atoms with Crippen LogP contribution in [-0.2, 0) is 0 Å². The molecule has 0 fully saturated rings. The van der Waals surface area contributed by atoms with E-state index in [0.717, 1.165) is 6.07 Å². The summed E-state index contributed by atoms with van der Waals surface area (Å²) in [6.45, 7) is 3.28. The van der Waals surface area contributed by atoms with Crippen molar-refractivity contribution < 1.29 is 19.0 Å². The molecule has 0 bridgehead atoms. The Bertz CT molecular complexity index is 371. The number of benzene rings is 1. The third-order valence-corrected chi connectivity index (χ3v) is 2.33. The van der Waals surface area contributed by atoms with E-state index in [-0.39, 0.29) is 18.2 Å². The minimum Gasteiger partial charge on any atom is -0.505 e. The minimum absolute atomic E-state index is 0.0943. The van der Waals surface area contributed by atoms with Crippen LogP contribution in [0.15, 0.2) is 12.1 Å². The highest BCUT2D eigenvalue weighted by molar-refractivity contribution is 5.36. The largest absolute Gasteiger partial charge is 0.505 e. The maximum absolute atomic E-state index is 13.1. The van der Waals surface area contributed by atoms with Gasteiger partial charge in [-0.25, -0.2) is 8.78 Å². The maximum atomic E-state index is 13.1. The fraction of sp³-hybridized carbons (Fsp3) is 0.455. The molecule has 0 aliphatic rings. The van der Waals surface area contributed by atoms with E-state index in [1.807, 2.05) is 0 Å². The summed E-state index contributed by atoms with van der Waals surface area (Å²) in [6, 6.07) is 1.02. The number of aliphatic hydroxyl groups excluding tert-OH is 1. The number of nitrogens with one attached hydrogen (secondary N) is 1. The molecule has 0 saturated heterocycles. The van der Waals surface area contributed by atoms with Gasteiger partial charge in [0.1, 0.15) is 5.82 Å². The van der Waals surface area contributed by atoms with E-state index >= 15 is 0 Å². The molecule has 1 aromatic rings. The van der Waals surface area contributed by atoms with Crippen LogP contribution < -0.4 is 5.32 Å². The SMILES string of the molecule is CC(N[C@H](C)CO)c1cc(F)cc(F)c1O. The topological polar surface area (TPSA) is 52.5 Å². The Hall–Kier alpha value is -1.20. The van der Waals surface area contributed by atoms with Gasteiger partial charge >= 0.3 is 0 Å². The van der Waals surface area contributed by atoms with Crippen molar-refractivity contribution >= 4 is 0 Å². The Morgan fingerprint density at radius 1 is 1.31 bits per heavy atom. The van der Waals surface area contributed by atoms with Gasteiger partial charge in [-0.05, 0) is 19.9 Å². The lowest BCUT2D eigenvalue weighted by Gasteiger charge is -2.19. The van der Waals surface area contributed by atoms with Gasteiger partial charge in [-0.2, -0.15) is 0 Å². The predicted molar refractivity (Wildman–Crippen MR) is 56.1 cm³/mol. The average Bonchev–Trinajstić information content (AvgIpc) is 2.22. The van der Waals surface area contributed by atoms with E-state index in [4.69, 9.17) is 5.11 Å². The van der Waals surface area contributed by atoms with Gasteiger partial charge in [0.25, 0.3) is 0 Å². The van der Waals surface area contributed by atoms with Crippen molar-refractivity contribution in [2.75, 3.05) is 6.61 Å². The fourth-order valence-corrected chi connectivity index (χ4v) is 1.49. The molecule has 0 aliphatic carbocycles. The zero-order valence-corrected chi connectivity index (χ0v) is 9.17. The summed E-state index contributed by atoms with van der Waals surface area (Å²) in [5, 5.41) is 21.2. The predicted octanol–water partition coefficient (Wildman–Crippen LogP) is 1.70. The summed E-state index contributed by atoms with van der Waals surface area (Å²) < 4.78 is 26.0. The number of hydrogen-bond donors (Lipinski definition) is 3. The molecule has 1 aromatic carbocycles. The first kappa shape index (κ1) is 12.9. The second kappa shape index (κ2) is 5.23. The van der Waals surface area contributed by atoms with E-state index in [2.05, 4.69) is 5.32 Å². The molecule has 16 heavy (non-hydrogen) atoms. The van der Waals surface area contributed by atoms with Gasteiger partial charge in [0.05, 0.1) is 6.61 Å². The van der Waals surface area contributed by atoms with Gasteiger partial charge in [0, 0.05) is 23.7 Å². The van der Waals surface area contributed by atoms with Gasteiger partial charge in [0.15, 0.2) is 11.6 Å². The molecular weight excluding hydrogens is 216 g/mol. The van der Waals surface area contributed by atoms with Crippen molar-refractivity contribution in [3.8, 4) is 5.75 Å². The van der Waals surface area contributed by atoms with Gasteiger partial charge in [-0.15, -0.1) is 0 Å². The molecular formula is C11H15F2NO2. The van der Waals surface area contributed by atoms with Crippen molar-refractivity contribution in [2.45, 2.75) is 25.9 Å². The number of aromatic hydroxyl groups is 1. The molecule has 0 spiro atoms. The van der Waals surface area contributed by atoms with Crippen molar-refractivity contribution in [1.29, 1.82) is 0 Å². The third kappa shape index (κ3) is 2.90. The summed E-state index contributed by atoms with van der Waals surface area (Å²) in [6.07, 6.45) is 0. The Labute approximate surface area is 92.7 Å². The molecule has 90 valence electrons. The van der Waals surface area contributed by atoms with E-state index < -0.39 is 23.4 Å². The van der Waals surface area contributed by atoms with Crippen LogP contribution in [0.1, 0.15) is 25.5 Å². The zero-order chi connectivity index (χ0) is 12.3. The number of phenolic OH excluding ortho intramolecular Hbond substituents is 1. The van der Waals surface area contributed by atoms with Crippen LogP contribution in [0.2, 0.25) is 0 Å². The van der Waals surface area contributed by atoms with E-state index in [0.29, 0.717) is 6.07 Å². The highest BCUT2D eigenvalue weighted by Gasteiger charge is 2.17. The van der Waals surface area contributed by atoms with E-state index in [1.54, 1.807) is 13.8 Å². The number of aliphatic hydroxyl groups is 1. The number of phenols is 1. The molecule has 5 heteroatoms. The molecule has 3 nitrogen and oxygen atoms in total. The van der Waals surface area contributed by atoms with Crippen LogP contribution in [-0.4, -0.2) is 22.9 Å². The Morgan fingerprint density at radius 3 is 2.50 bits per heavy atom. The third-order valence-electron chi connectivity index (χ3n) is 2.33. The lowest BCUT2D eigenvalue weighted by molar-refractivity contribution is 0.242. The average molecular weight is 231 g/mol. The Morgan fingerprint density at radius 2 is 1.94 bits per heavy atom. The van der Waals surface area contributed by atoms with Crippen LogP contribution in [0.5, 0.6) is 5.75 Å². The van der Waals surface area contributed by atoms with E-state index in [9.17, 15) is 13.9 Å². The van der Waals surface area contributed by atoms with Crippen molar-refractivity contribution in [3.63, 3.8) is 0 Å². The molecule has 0 radical (unpaired) electrons. The number of halogens is 2. The first-order valence-electron chi connectivity index (χ1n) is 5.00. The second-order valence-electron chi connectivity index (χ2n) is 3.80. The second-order valence-corrected chi connectivity index (χ2v) is 3.80. The van der Waals surface area contributed by atoms with Gasteiger partial charge in [-0.3, -0.25) is 0 Å². The van der Waals surface area contributed by atoms with Crippen molar-refractivity contribution in [1.82, 2.24) is 5.32 Å². The molecule has 2 atom stereocenters. The van der Waals surface area contributed by atoms with Crippen LogP contribution >= 0.6 is 0 Å².